The van der Waals surface area contributed by atoms with E-state index in [2.05, 4.69) is 5.32 Å². The first-order valence-electron chi connectivity index (χ1n) is 15.6. The highest BCUT2D eigenvalue weighted by atomic mass is 16.5. The monoisotopic (exact) mass is 648 g/mol. The lowest BCUT2D eigenvalue weighted by atomic mass is 9.93. The SMILES string of the molecule is C.COc1ccc(CC(=O)N2CCC(CCO)CC2)cc1OC.COc1ccc(CC(=O)O)cc1OC.OCCC1CCNCC1. The summed E-state index contributed by atoms with van der Waals surface area (Å²) in [6.45, 7) is 4.47. The van der Waals surface area contributed by atoms with Gasteiger partial charge in [-0.25, -0.2) is 0 Å². The van der Waals surface area contributed by atoms with Gasteiger partial charge >= 0.3 is 5.97 Å². The van der Waals surface area contributed by atoms with Crippen molar-refractivity contribution < 1.29 is 43.9 Å². The number of nitrogens with zero attached hydrogens (tertiary/aromatic N) is 1. The Bertz CT molecular complexity index is 1140. The minimum absolute atomic E-state index is 0. The summed E-state index contributed by atoms with van der Waals surface area (Å²) in [6.07, 6.45) is 6.68. The van der Waals surface area contributed by atoms with E-state index >= 15 is 0 Å². The second-order valence-electron chi connectivity index (χ2n) is 11.2. The van der Waals surface area contributed by atoms with Gasteiger partial charge in [-0.05, 0) is 98.8 Å². The lowest BCUT2D eigenvalue weighted by molar-refractivity contribution is -0.136. The van der Waals surface area contributed by atoms with Crippen molar-refractivity contribution in [2.24, 2.45) is 11.8 Å². The van der Waals surface area contributed by atoms with Gasteiger partial charge in [-0.3, -0.25) is 9.59 Å². The van der Waals surface area contributed by atoms with Crippen molar-refractivity contribution in [2.45, 2.75) is 58.8 Å². The zero-order valence-corrected chi connectivity index (χ0v) is 27.3. The number of piperidine rings is 2. The van der Waals surface area contributed by atoms with Crippen LogP contribution in [-0.2, 0) is 22.4 Å². The largest absolute Gasteiger partial charge is 0.493 e. The number of hydrogen-bond donors (Lipinski definition) is 4. The van der Waals surface area contributed by atoms with Crippen molar-refractivity contribution in [3.05, 3.63) is 47.5 Å². The lowest BCUT2D eigenvalue weighted by Gasteiger charge is -2.32. The maximum atomic E-state index is 12.4. The highest BCUT2D eigenvalue weighted by Crippen LogP contribution is 2.29. The molecule has 0 spiro atoms. The number of likely N-dealkylation sites (tertiary alicyclic amines) is 1. The molecular formula is C35H56N2O9. The summed E-state index contributed by atoms with van der Waals surface area (Å²) in [7, 11) is 6.24. The standard InChI is InChI=1S/C17H25NO4.C10H12O4.C7H15NO.CH4/c1-21-15-4-3-14(11-16(15)22-2)12-17(20)18-8-5-13(6-9-18)7-10-19;1-13-8-4-3-7(6-10(11)12)5-9(8)14-2;9-6-3-7-1-4-8-5-2-7;/h3-4,11,13,19H,5-10,12H2,1-2H3;3-5H,6H2,1-2H3,(H,11,12);7-9H,1-6H2;1H4. The molecule has 2 aromatic carbocycles. The molecule has 4 rings (SSSR count). The van der Waals surface area contributed by atoms with E-state index in [1.54, 1.807) is 32.4 Å². The van der Waals surface area contributed by atoms with Crippen LogP contribution < -0.4 is 24.3 Å². The Kier molecular flexibility index (Phi) is 20.1. The van der Waals surface area contributed by atoms with Crippen molar-refractivity contribution in [1.29, 1.82) is 0 Å². The van der Waals surface area contributed by atoms with Gasteiger partial charge in [0.2, 0.25) is 5.91 Å². The highest BCUT2D eigenvalue weighted by Gasteiger charge is 2.22. The zero-order valence-electron chi connectivity index (χ0n) is 27.3. The minimum Gasteiger partial charge on any atom is -0.493 e. The second-order valence-corrected chi connectivity index (χ2v) is 11.2. The van der Waals surface area contributed by atoms with E-state index in [0.29, 0.717) is 47.5 Å². The van der Waals surface area contributed by atoms with Gasteiger partial charge in [-0.1, -0.05) is 19.6 Å². The van der Waals surface area contributed by atoms with Gasteiger partial charge < -0.3 is 44.5 Å². The fraction of sp³-hybridized carbons (Fsp3) is 0.600. The molecule has 0 saturated carbocycles. The van der Waals surface area contributed by atoms with Crippen LogP contribution in [0.4, 0.5) is 0 Å². The Morgan fingerprint density at radius 1 is 0.717 bits per heavy atom. The van der Waals surface area contributed by atoms with Crippen molar-refractivity contribution in [3.63, 3.8) is 0 Å². The maximum absolute atomic E-state index is 12.4. The van der Waals surface area contributed by atoms with Crippen molar-refractivity contribution in [2.75, 3.05) is 67.8 Å². The molecule has 0 atom stereocenters. The molecule has 2 aliphatic rings. The van der Waals surface area contributed by atoms with Crippen molar-refractivity contribution in [3.8, 4) is 23.0 Å². The molecule has 11 heteroatoms. The van der Waals surface area contributed by atoms with Gasteiger partial charge in [0.1, 0.15) is 0 Å². The molecule has 260 valence electrons. The number of ether oxygens (including phenoxy) is 4. The van der Waals surface area contributed by atoms with E-state index in [-0.39, 0.29) is 26.4 Å². The molecule has 1 amide bonds. The van der Waals surface area contributed by atoms with Crippen LogP contribution in [0.2, 0.25) is 0 Å². The van der Waals surface area contributed by atoms with Crippen molar-refractivity contribution >= 4 is 11.9 Å². The van der Waals surface area contributed by atoms with E-state index in [1.165, 1.54) is 27.1 Å². The Balaban J connectivity index is 0.000000377. The zero-order chi connectivity index (χ0) is 33.0. The molecule has 2 fully saturated rings. The Hall–Kier alpha value is -3.54. The fourth-order valence-electron chi connectivity index (χ4n) is 5.45. The molecule has 0 radical (unpaired) electrons. The Morgan fingerprint density at radius 3 is 1.57 bits per heavy atom. The highest BCUT2D eigenvalue weighted by molar-refractivity contribution is 5.79. The normalized spacial score (nSPS) is 14.8. The van der Waals surface area contributed by atoms with E-state index in [1.807, 2.05) is 23.1 Å². The smallest absolute Gasteiger partial charge is 0.307 e. The Morgan fingerprint density at radius 2 is 1.15 bits per heavy atom. The number of nitrogens with one attached hydrogen (secondary N) is 1. The average Bonchev–Trinajstić information content (AvgIpc) is 3.06. The van der Waals surface area contributed by atoms with Gasteiger partial charge in [-0.2, -0.15) is 0 Å². The number of carbonyl (C=O) groups excluding carboxylic acids is 1. The topological polar surface area (TPSA) is 147 Å². The molecule has 2 heterocycles. The quantitative estimate of drug-likeness (QED) is 0.264. The molecule has 0 bridgehead atoms. The molecule has 0 unspecified atom stereocenters. The third kappa shape index (κ3) is 14.3. The van der Waals surface area contributed by atoms with E-state index in [9.17, 15) is 9.59 Å². The molecular weight excluding hydrogens is 592 g/mol. The van der Waals surface area contributed by atoms with Crippen LogP contribution in [0.3, 0.4) is 0 Å². The lowest BCUT2D eigenvalue weighted by Crippen LogP contribution is -2.39. The summed E-state index contributed by atoms with van der Waals surface area (Å²) < 4.78 is 20.5. The molecule has 0 aromatic heterocycles. The number of methoxy groups -OCH3 is 4. The van der Waals surface area contributed by atoms with Gasteiger partial charge in [0.15, 0.2) is 23.0 Å². The minimum atomic E-state index is -0.864. The summed E-state index contributed by atoms with van der Waals surface area (Å²) in [5, 5.41) is 29.5. The number of hydrogen-bond acceptors (Lipinski definition) is 9. The fourth-order valence-corrected chi connectivity index (χ4v) is 5.45. The second kappa shape index (κ2) is 22.9. The van der Waals surface area contributed by atoms with Gasteiger partial charge in [0.05, 0.1) is 41.3 Å². The summed E-state index contributed by atoms with van der Waals surface area (Å²) in [5.74, 6) is 3.09. The number of amides is 1. The van der Waals surface area contributed by atoms with Crippen LogP contribution in [0.5, 0.6) is 23.0 Å². The van der Waals surface area contributed by atoms with Gasteiger partial charge in [0.25, 0.3) is 0 Å². The van der Waals surface area contributed by atoms with Crippen LogP contribution >= 0.6 is 0 Å². The van der Waals surface area contributed by atoms with Crippen LogP contribution in [-0.4, -0.2) is 99.9 Å². The predicted molar refractivity (Wildman–Crippen MR) is 179 cm³/mol. The molecule has 4 N–H and O–H groups in total. The first kappa shape index (κ1) is 40.5. The van der Waals surface area contributed by atoms with Crippen LogP contribution in [0.15, 0.2) is 36.4 Å². The molecule has 2 aliphatic heterocycles. The van der Waals surface area contributed by atoms with E-state index in [0.717, 1.165) is 63.3 Å². The number of carbonyl (C=O) groups is 2. The number of carboxylic acid groups (broad SMARTS) is 1. The van der Waals surface area contributed by atoms with E-state index in [4.69, 9.17) is 34.3 Å². The molecule has 2 aromatic rings. The number of aliphatic hydroxyl groups is 2. The first-order chi connectivity index (χ1) is 21.8. The summed E-state index contributed by atoms with van der Waals surface area (Å²) in [5.41, 5.74) is 1.62. The maximum Gasteiger partial charge on any atom is 0.307 e. The number of aliphatic carboxylic acids is 1. The Labute approximate surface area is 274 Å². The van der Waals surface area contributed by atoms with Gasteiger partial charge in [0, 0.05) is 26.3 Å². The molecule has 11 nitrogen and oxygen atoms in total. The van der Waals surface area contributed by atoms with Crippen LogP contribution in [0, 0.1) is 11.8 Å². The summed E-state index contributed by atoms with van der Waals surface area (Å²) in [6, 6.07) is 10.6. The summed E-state index contributed by atoms with van der Waals surface area (Å²) >= 11 is 0. The summed E-state index contributed by atoms with van der Waals surface area (Å²) in [4.78, 5) is 24.8. The average molecular weight is 649 g/mol. The molecule has 2 saturated heterocycles. The predicted octanol–water partition coefficient (Wildman–Crippen LogP) is 4.20. The molecule has 46 heavy (non-hydrogen) atoms. The third-order valence-electron chi connectivity index (χ3n) is 8.11. The number of rotatable bonds is 12. The molecule has 0 aliphatic carbocycles. The van der Waals surface area contributed by atoms with Crippen LogP contribution in [0.1, 0.15) is 57.1 Å². The van der Waals surface area contributed by atoms with E-state index < -0.39 is 5.97 Å². The number of carboxylic acids is 1. The third-order valence-corrected chi connectivity index (χ3v) is 8.11. The number of benzene rings is 2. The number of aliphatic hydroxyl groups excluding tert-OH is 2. The van der Waals surface area contributed by atoms with Crippen molar-refractivity contribution in [1.82, 2.24) is 10.2 Å². The van der Waals surface area contributed by atoms with Crippen LogP contribution in [0.25, 0.3) is 0 Å². The van der Waals surface area contributed by atoms with Gasteiger partial charge in [-0.15, -0.1) is 0 Å². The first-order valence-corrected chi connectivity index (χ1v) is 15.6.